The number of pyridine rings is 1. The van der Waals surface area contributed by atoms with Crippen LogP contribution in [-0.4, -0.2) is 31.1 Å². The van der Waals surface area contributed by atoms with Crippen LogP contribution < -0.4 is 9.46 Å². The Hall–Kier alpha value is -3.23. The summed E-state index contributed by atoms with van der Waals surface area (Å²) in [7, 11) is -3.83. The second-order valence-electron chi connectivity index (χ2n) is 8.73. The van der Waals surface area contributed by atoms with Crippen LogP contribution in [0.25, 0.3) is 0 Å². The van der Waals surface area contributed by atoms with Crippen LogP contribution in [0.3, 0.4) is 0 Å². The summed E-state index contributed by atoms with van der Waals surface area (Å²) in [6.45, 7) is 5.99. The molecule has 0 atom stereocenters. The van der Waals surface area contributed by atoms with Gasteiger partial charge >= 0.3 is 5.97 Å². The Morgan fingerprint density at radius 1 is 1.03 bits per heavy atom. The SMILES string of the molecule is CC(C)(C)c1ccc(Cc2ncccc2S(=O)(=O)NCc2cccc(OCC(=O)O)c2)cc1. The predicted molar refractivity (Wildman–Crippen MR) is 126 cm³/mol. The first-order chi connectivity index (χ1) is 15.5. The maximum atomic E-state index is 13.0. The maximum absolute atomic E-state index is 13.0. The van der Waals surface area contributed by atoms with E-state index < -0.39 is 22.6 Å². The largest absolute Gasteiger partial charge is 0.482 e. The molecule has 0 unspecified atom stereocenters. The fourth-order valence-corrected chi connectivity index (χ4v) is 4.47. The van der Waals surface area contributed by atoms with Gasteiger partial charge in [0.25, 0.3) is 0 Å². The maximum Gasteiger partial charge on any atom is 0.341 e. The van der Waals surface area contributed by atoms with Crippen LogP contribution in [0.15, 0.2) is 71.8 Å². The predicted octanol–water partition coefficient (Wildman–Crippen LogP) is 3.91. The molecular formula is C25H28N2O5S. The lowest BCUT2D eigenvalue weighted by molar-refractivity contribution is -0.139. The molecule has 0 amide bonds. The summed E-state index contributed by atoms with van der Waals surface area (Å²) in [4.78, 5) is 15.1. The van der Waals surface area contributed by atoms with Crippen LogP contribution in [0.2, 0.25) is 0 Å². The van der Waals surface area contributed by atoms with Crippen molar-refractivity contribution in [3.63, 3.8) is 0 Å². The van der Waals surface area contributed by atoms with Gasteiger partial charge in [0.15, 0.2) is 6.61 Å². The minimum Gasteiger partial charge on any atom is -0.482 e. The van der Waals surface area contributed by atoms with Gasteiger partial charge in [-0.05, 0) is 46.4 Å². The number of rotatable bonds is 9. The summed E-state index contributed by atoms with van der Waals surface area (Å²) in [5, 5.41) is 8.74. The van der Waals surface area contributed by atoms with Crippen LogP contribution >= 0.6 is 0 Å². The number of ether oxygens (including phenoxy) is 1. The zero-order valence-electron chi connectivity index (χ0n) is 18.9. The van der Waals surface area contributed by atoms with E-state index in [9.17, 15) is 13.2 Å². The third-order valence-corrected chi connectivity index (χ3v) is 6.53. The van der Waals surface area contributed by atoms with E-state index in [1.54, 1.807) is 42.6 Å². The van der Waals surface area contributed by atoms with E-state index in [2.05, 4.69) is 42.6 Å². The standard InChI is InChI=1S/C25H28N2O5S/c1-25(2,3)20-11-9-18(10-12-20)15-22-23(8-5-13-26-22)33(30,31)27-16-19-6-4-7-21(14-19)32-17-24(28)29/h4-14,27H,15-17H2,1-3H3,(H,28,29). The molecule has 3 rings (SSSR count). The Bertz CT molecular complexity index is 1220. The van der Waals surface area contributed by atoms with E-state index in [0.29, 0.717) is 23.4 Å². The van der Waals surface area contributed by atoms with Gasteiger partial charge in [-0.15, -0.1) is 0 Å². The first kappa shape index (κ1) is 24.4. The Morgan fingerprint density at radius 2 is 1.76 bits per heavy atom. The Kier molecular flexibility index (Phi) is 7.50. The molecule has 174 valence electrons. The van der Waals surface area contributed by atoms with Crippen molar-refractivity contribution in [3.8, 4) is 5.75 Å². The highest BCUT2D eigenvalue weighted by Crippen LogP contribution is 2.24. The summed E-state index contributed by atoms with van der Waals surface area (Å²) in [5.41, 5.74) is 3.33. The Labute approximate surface area is 194 Å². The van der Waals surface area contributed by atoms with Gasteiger partial charge < -0.3 is 9.84 Å². The van der Waals surface area contributed by atoms with E-state index in [1.165, 1.54) is 5.56 Å². The number of carboxylic acid groups (broad SMARTS) is 1. The lowest BCUT2D eigenvalue weighted by atomic mass is 9.86. The molecule has 8 heteroatoms. The van der Waals surface area contributed by atoms with Crippen LogP contribution in [0.1, 0.15) is 43.2 Å². The summed E-state index contributed by atoms with van der Waals surface area (Å²) in [6, 6.07) is 17.9. The zero-order valence-corrected chi connectivity index (χ0v) is 19.7. The third-order valence-electron chi connectivity index (χ3n) is 5.06. The molecule has 0 fully saturated rings. The van der Waals surface area contributed by atoms with Gasteiger partial charge in [-0.3, -0.25) is 4.98 Å². The summed E-state index contributed by atoms with van der Waals surface area (Å²) in [5.74, 6) is -0.729. The van der Waals surface area contributed by atoms with Gasteiger partial charge in [0.05, 0.1) is 5.69 Å². The summed E-state index contributed by atoms with van der Waals surface area (Å²) < 4.78 is 33.8. The molecule has 0 saturated heterocycles. The lowest BCUT2D eigenvalue weighted by Crippen LogP contribution is -2.25. The first-order valence-electron chi connectivity index (χ1n) is 10.5. The van der Waals surface area contributed by atoms with E-state index in [0.717, 1.165) is 5.56 Å². The second kappa shape index (κ2) is 10.1. The number of carbonyl (C=O) groups is 1. The van der Waals surface area contributed by atoms with Gasteiger partial charge in [0.1, 0.15) is 10.6 Å². The van der Waals surface area contributed by atoms with Crippen molar-refractivity contribution in [1.29, 1.82) is 0 Å². The van der Waals surface area contributed by atoms with E-state index in [-0.39, 0.29) is 16.9 Å². The molecule has 0 saturated carbocycles. The smallest absolute Gasteiger partial charge is 0.341 e. The van der Waals surface area contributed by atoms with Crippen molar-refractivity contribution in [1.82, 2.24) is 9.71 Å². The Morgan fingerprint density at radius 3 is 2.42 bits per heavy atom. The van der Waals surface area contributed by atoms with E-state index in [4.69, 9.17) is 9.84 Å². The minimum atomic E-state index is -3.83. The van der Waals surface area contributed by atoms with Crippen molar-refractivity contribution in [2.45, 2.75) is 44.0 Å². The van der Waals surface area contributed by atoms with Gasteiger partial charge in [-0.2, -0.15) is 0 Å². The molecule has 3 aromatic rings. The van der Waals surface area contributed by atoms with Gasteiger partial charge in [-0.25, -0.2) is 17.9 Å². The molecule has 33 heavy (non-hydrogen) atoms. The van der Waals surface area contributed by atoms with E-state index >= 15 is 0 Å². The molecular weight excluding hydrogens is 440 g/mol. The fourth-order valence-electron chi connectivity index (χ4n) is 3.26. The van der Waals surface area contributed by atoms with Crippen molar-refractivity contribution in [3.05, 3.63) is 89.2 Å². The van der Waals surface area contributed by atoms with Crippen LogP contribution in [0, 0.1) is 0 Å². The minimum absolute atomic E-state index is 0.0290. The number of aromatic nitrogens is 1. The number of aliphatic carboxylic acids is 1. The van der Waals surface area contributed by atoms with Gasteiger partial charge in [-0.1, -0.05) is 57.2 Å². The number of nitrogens with zero attached hydrogens (tertiary/aromatic N) is 1. The molecule has 1 heterocycles. The molecule has 0 radical (unpaired) electrons. The molecule has 7 nitrogen and oxygen atoms in total. The molecule has 0 aliphatic heterocycles. The van der Waals surface area contributed by atoms with Crippen LogP contribution in [0.5, 0.6) is 5.75 Å². The third kappa shape index (κ3) is 6.87. The molecule has 0 spiro atoms. The highest BCUT2D eigenvalue weighted by atomic mass is 32.2. The monoisotopic (exact) mass is 468 g/mol. The van der Waals surface area contributed by atoms with Gasteiger partial charge in [0.2, 0.25) is 10.0 Å². The average Bonchev–Trinajstić information content (AvgIpc) is 2.77. The fraction of sp³-hybridized carbons (Fsp3) is 0.280. The number of nitrogens with one attached hydrogen (secondary N) is 1. The average molecular weight is 469 g/mol. The highest BCUT2D eigenvalue weighted by Gasteiger charge is 2.20. The van der Waals surface area contributed by atoms with E-state index in [1.807, 2.05) is 12.1 Å². The number of carboxylic acids is 1. The molecule has 0 aliphatic rings. The summed E-state index contributed by atoms with van der Waals surface area (Å²) in [6.07, 6.45) is 1.97. The first-order valence-corrected chi connectivity index (χ1v) is 12.0. The number of hydrogen-bond acceptors (Lipinski definition) is 5. The molecule has 0 bridgehead atoms. The molecule has 2 aromatic carbocycles. The van der Waals surface area contributed by atoms with Crippen molar-refractivity contribution in [2.24, 2.45) is 0 Å². The highest BCUT2D eigenvalue weighted by molar-refractivity contribution is 7.89. The Balaban J connectivity index is 1.74. The second-order valence-corrected chi connectivity index (χ2v) is 10.5. The molecule has 2 N–H and O–H groups in total. The number of hydrogen-bond donors (Lipinski definition) is 2. The number of sulfonamides is 1. The summed E-state index contributed by atoms with van der Waals surface area (Å²) >= 11 is 0. The quantitative estimate of drug-likeness (QED) is 0.493. The van der Waals surface area contributed by atoms with Crippen LogP contribution in [0.4, 0.5) is 0 Å². The lowest BCUT2D eigenvalue weighted by Gasteiger charge is -2.19. The van der Waals surface area contributed by atoms with Crippen molar-refractivity contribution >= 4 is 16.0 Å². The molecule has 0 aliphatic carbocycles. The number of benzene rings is 2. The van der Waals surface area contributed by atoms with Gasteiger partial charge in [0, 0.05) is 19.2 Å². The molecule has 1 aromatic heterocycles. The zero-order chi connectivity index (χ0) is 24.1. The van der Waals surface area contributed by atoms with Crippen LogP contribution in [-0.2, 0) is 33.2 Å². The normalized spacial score (nSPS) is 11.8. The van der Waals surface area contributed by atoms with Crippen molar-refractivity contribution in [2.75, 3.05) is 6.61 Å². The topological polar surface area (TPSA) is 106 Å². The van der Waals surface area contributed by atoms with Crippen molar-refractivity contribution < 1.29 is 23.1 Å².